The van der Waals surface area contributed by atoms with Crippen LogP contribution in [0, 0.1) is 0 Å². The maximum Gasteiger partial charge on any atom is 0.332 e. The SMILES string of the molecule is O=C(O)CONC(=O)CCOC1CCNCC1. The summed E-state index contributed by atoms with van der Waals surface area (Å²) in [5, 5.41) is 11.5. The number of aliphatic carboxylic acids is 1. The number of carboxylic acid groups (broad SMARTS) is 1. The fourth-order valence-corrected chi connectivity index (χ4v) is 1.51. The molecular weight excluding hydrogens is 228 g/mol. The number of rotatable bonds is 7. The van der Waals surface area contributed by atoms with Gasteiger partial charge in [-0.05, 0) is 25.9 Å². The highest BCUT2D eigenvalue weighted by Crippen LogP contribution is 2.07. The lowest BCUT2D eigenvalue weighted by molar-refractivity contribution is -0.149. The van der Waals surface area contributed by atoms with Gasteiger partial charge in [0.1, 0.15) is 0 Å². The lowest BCUT2D eigenvalue weighted by Gasteiger charge is -2.22. The number of hydrogen-bond acceptors (Lipinski definition) is 5. The van der Waals surface area contributed by atoms with Crippen molar-refractivity contribution in [1.82, 2.24) is 10.8 Å². The third kappa shape index (κ3) is 6.88. The predicted molar refractivity (Wildman–Crippen MR) is 58.2 cm³/mol. The van der Waals surface area contributed by atoms with Crippen LogP contribution in [-0.4, -0.2) is 49.4 Å². The minimum absolute atomic E-state index is 0.170. The molecule has 0 aliphatic carbocycles. The van der Waals surface area contributed by atoms with E-state index in [4.69, 9.17) is 9.84 Å². The van der Waals surface area contributed by atoms with Gasteiger partial charge in [0.15, 0.2) is 6.61 Å². The summed E-state index contributed by atoms with van der Waals surface area (Å²) >= 11 is 0. The van der Waals surface area contributed by atoms with E-state index in [1.54, 1.807) is 0 Å². The molecule has 1 aliphatic heterocycles. The van der Waals surface area contributed by atoms with Crippen LogP contribution >= 0.6 is 0 Å². The van der Waals surface area contributed by atoms with E-state index in [0.29, 0.717) is 6.61 Å². The molecule has 0 aromatic carbocycles. The van der Waals surface area contributed by atoms with Crippen LogP contribution in [0.4, 0.5) is 0 Å². The summed E-state index contributed by atoms with van der Waals surface area (Å²) in [7, 11) is 0. The predicted octanol–water partition coefficient (Wildman–Crippen LogP) is -0.722. The molecule has 98 valence electrons. The molecule has 1 saturated heterocycles. The van der Waals surface area contributed by atoms with Crippen LogP contribution in [0.15, 0.2) is 0 Å². The second-order valence-electron chi connectivity index (χ2n) is 3.78. The Balaban J connectivity index is 1.97. The molecule has 7 nitrogen and oxygen atoms in total. The van der Waals surface area contributed by atoms with Gasteiger partial charge in [-0.3, -0.25) is 9.63 Å². The van der Waals surface area contributed by atoms with Crippen molar-refractivity contribution in [3.63, 3.8) is 0 Å². The largest absolute Gasteiger partial charge is 0.479 e. The Kier molecular flexibility index (Phi) is 6.53. The van der Waals surface area contributed by atoms with Gasteiger partial charge in [-0.15, -0.1) is 0 Å². The smallest absolute Gasteiger partial charge is 0.332 e. The van der Waals surface area contributed by atoms with Gasteiger partial charge in [-0.1, -0.05) is 0 Å². The van der Waals surface area contributed by atoms with E-state index in [-0.39, 0.29) is 18.4 Å². The van der Waals surface area contributed by atoms with Crippen LogP contribution in [0.1, 0.15) is 19.3 Å². The van der Waals surface area contributed by atoms with Crippen LogP contribution < -0.4 is 10.8 Å². The number of amides is 1. The summed E-state index contributed by atoms with van der Waals surface area (Å²) < 4.78 is 5.51. The average Bonchev–Trinajstić information content (AvgIpc) is 2.30. The highest BCUT2D eigenvalue weighted by molar-refractivity contribution is 5.75. The van der Waals surface area contributed by atoms with Crippen LogP contribution in [0.5, 0.6) is 0 Å². The van der Waals surface area contributed by atoms with E-state index in [1.807, 2.05) is 5.48 Å². The first kappa shape index (κ1) is 13.9. The summed E-state index contributed by atoms with van der Waals surface area (Å²) in [6.07, 6.45) is 2.29. The quantitative estimate of drug-likeness (QED) is 0.513. The highest BCUT2D eigenvalue weighted by atomic mass is 16.7. The molecule has 0 bridgehead atoms. The number of hydroxylamine groups is 1. The first-order valence-electron chi connectivity index (χ1n) is 5.63. The molecule has 0 aromatic heterocycles. The number of nitrogens with one attached hydrogen (secondary N) is 2. The lowest BCUT2D eigenvalue weighted by atomic mass is 10.1. The molecular formula is C10H18N2O5. The van der Waals surface area contributed by atoms with Crippen molar-refractivity contribution >= 4 is 11.9 Å². The normalized spacial score (nSPS) is 16.7. The summed E-state index contributed by atoms with van der Waals surface area (Å²) in [6, 6.07) is 0. The highest BCUT2D eigenvalue weighted by Gasteiger charge is 2.13. The van der Waals surface area contributed by atoms with E-state index in [0.717, 1.165) is 25.9 Å². The van der Waals surface area contributed by atoms with Crippen molar-refractivity contribution in [3.05, 3.63) is 0 Å². The van der Waals surface area contributed by atoms with Crippen LogP contribution in [0.2, 0.25) is 0 Å². The lowest BCUT2D eigenvalue weighted by Crippen LogP contribution is -2.33. The number of hydrogen-bond donors (Lipinski definition) is 3. The van der Waals surface area contributed by atoms with Crippen LogP contribution in [0.3, 0.4) is 0 Å². The van der Waals surface area contributed by atoms with Gasteiger partial charge in [0.25, 0.3) is 0 Å². The fraction of sp³-hybridized carbons (Fsp3) is 0.800. The van der Waals surface area contributed by atoms with E-state index < -0.39 is 12.6 Å². The van der Waals surface area contributed by atoms with Gasteiger partial charge in [-0.2, -0.15) is 0 Å². The Bertz CT molecular complexity index is 253. The molecule has 1 heterocycles. The van der Waals surface area contributed by atoms with Gasteiger partial charge in [0.2, 0.25) is 5.91 Å². The fourth-order valence-electron chi connectivity index (χ4n) is 1.51. The zero-order chi connectivity index (χ0) is 12.5. The third-order valence-corrected chi connectivity index (χ3v) is 2.35. The van der Waals surface area contributed by atoms with E-state index in [1.165, 1.54) is 0 Å². The maximum atomic E-state index is 11.1. The Hall–Kier alpha value is -1.18. The van der Waals surface area contributed by atoms with Gasteiger partial charge >= 0.3 is 5.97 Å². The minimum Gasteiger partial charge on any atom is -0.479 e. The second-order valence-corrected chi connectivity index (χ2v) is 3.78. The summed E-state index contributed by atoms with van der Waals surface area (Å²) in [5.74, 6) is -1.50. The standard InChI is InChI=1S/C10H18N2O5/c13-9(12-17-7-10(14)15)3-6-16-8-1-4-11-5-2-8/h8,11H,1-7H2,(H,12,13)(H,14,15). The first-order chi connectivity index (χ1) is 8.18. The topological polar surface area (TPSA) is 96.9 Å². The van der Waals surface area contributed by atoms with E-state index in [2.05, 4.69) is 10.2 Å². The zero-order valence-electron chi connectivity index (χ0n) is 9.61. The van der Waals surface area contributed by atoms with E-state index >= 15 is 0 Å². The molecule has 1 aliphatic rings. The minimum atomic E-state index is -1.13. The second kappa shape index (κ2) is 7.99. The summed E-state index contributed by atoms with van der Waals surface area (Å²) in [6.45, 7) is 1.67. The first-order valence-corrected chi connectivity index (χ1v) is 5.63. The molecule has 1 amide bonds. The molecule has 7 heteroatoms. The van der Waals surface area contributed by atoms with Crippen LogP contribution in [0.25, 0.3) is 0 Å². The number of piperidine rings is 1. The molecule has 3 N–H and O–H groups in total. The Morgan fingerprint density at radius 1 is 1.35 bits per heavy atom. The molecule has 17 heavy (non-hydrogen) atoms. The van der Waals surface area contributed by atoms with Gasteiger partial charge in [-0.25, -0.2) is 10.3 Å². The van der Waals surface area contributed by atoms with Crippen molar-refractivity contribution in [2.45, 2.75) is 25.4 Å². The van der Waals surface area contributed by atoms with Gasteiger partial charge in [0, 0.05) is 0 Å². The number of carbonyl (C=O) groups is 2. The molecule has 0 radical (unpaired) electrons. The Labute approximate surface area is 99.4 Å². The third-order valence-electron chi connectivity index (χ3n) is 2.35. The van der Waals surface area contributed by atoms with Gasteiger partial charge in [0.05, 0.1) is 19.1 Å². The Morgan fingerprint density at radius 2 is 2.06 bits per heavy atom. The van der Waals surface area contributed by atoms with Crippen molar-refractivity contribution in [2.24, 2.45) is 0 Å². The van der Waals surface area contributed by atoms with Crippen molar-refractivity contribution in [3.8, 4) is 0 Å². The average molecular weight is 246 g/mol. The molecule has 0 unspecified atom stereocenters. The molecule has 1 rings (SSSR count). The molecule has 0 spiro atoms. The molecule has 0 saturated carbocycles. The van der Waals surface area contributed by atoms with E-state index in [9.17, 15) is 9.59 Å². The zero-order valence-corrected chi connectivity index (χ0v) is 9.61. The van der Waals surface area contributed by atoms with Crippen molar-refractivity contribution in [1.29, 1.82) is 0 Å². The number of ether oxygens (including phenoxy) is 1. The molecule has 1 fully saturated rings. The summed E-state index contributed by atoms with van der Waals surface area (Å²) in [4.78, 5) is 25.7. The van der Waals surface area contributed by atoms with Crippen molar-refractivity contribution < 1.29 is 24.3 Å². The van der Waals surface area contributed by atoms with Gasteiger partial charge < -0.3 is 15.2 Å². The summed E-state index contributed by atoms with van der Waals surface area (Å²) in [5.41, 5.74) is 2.04. The molecule has 0 atom stereocenters. The Morgan fingerprint density at radius 3 is 2.71 bits per heavy atom. The van der Waals surface area contributed by atoms with Crippen LogP contribution in [-0.2, 0) is 19.2 Å². The monoisotopic (exact) mass is 246 g/mol. The maximum absolute atomic E-state index is 11.1. The van der Waals surface area contributed by atoms with Crippen molar-refractivity contribution in [2.75, 3.05) is 26.3 Å². The number of carbonyl (C=O) groups excluding carboxylic acids is 1. The molecule has 0 aromatic rings. The number of carboxylic acids is 1.